The Labute approximate surface area is 207 Å². The van der Waals surface area contributed by atoms with E-state index < -0.39 is 0 Å². The number of nitrogens with zero attached hydrogens (tertiary/aromatic N) is 1. The SMILES string of the molecule is CC1(C)CC(=O)C2=C(C1)N(c1ccc(I)cc1)C1=C(C(=O)CC(C)(C)C1)C2c1cccs1. The Morgan fingerprint density at radius 1 is 0.844 bits per heavy atom. The summed E-state index contributed by atoms with van der Waals surface area (Å²) in [6, 6.07) is 12.6. The predicted octanol–water partition coefficient (Wildman–Crippen LogP) is 7.24. The number of rotatable bonds is 2. The maximum Gasteiger partial charge on any atom is 0.162 e. The second-order valence-electron chi connectivity index (χ2n) is 10.9. The smallest absolute Gasteiger partial charge is 0.162 e. The fourth-order valence-corrected chi connectivity index (χ4v) is 6.81. The second-order valence-corrected chi connectivity index (χ2v) is 13.1. The van der Waals surface area contributed by atoms with Crippen molar-refractivity contribution in [3.63, 3.8) is 0 Å². The van der Waals surface area contributed by atoms with Crippen LogP contribution in [0.25, 0.3) is 0 Å². The van der Waals surface area contributed by atoms with Crippen LogP contribution in [0.5, 0.6) is 0 Å². The molecule has 2 aliphatic carbocycles. The van der Waals surface area contributed by atoms with Gasteiger partial charge in [-0.1, -0.05) is 33.8 Å². The van der Waals surface area contributed by atoms with Crippen LogP contribution in [0.1, 0.15) is 64.2 Å². The Morgan fingerprint density at radius 3 is 1.84 bits per heavy atom. The van der Waals surface area contributed by atoms with Gasteiger partial charge in [-0.3, -0.25) is 9.59 Å². The number of hydrogen-bond donors (Lipinski definition) is 0. The number of carbonyl (C=O) groups is 2. The minimum absolute atomic E-state index is 0.108. The fourth-order valence-electron chi connectivity index (χ4n) is 5.61. The molecular formula is C27H28INO2S. The summed E-state index contributed by atoms with van der Waals surface area (Å²) in [5.74, 6) is 0.149. The van der Waals surface area contributed by atoms with Crippen molar-refractivity contribution in [3.8, 4) is 0 Å². The molecule has 0 radical (unpaired) electrons. The molecule has 5 heteroatoms. The molecule has 166 valence electrons. The van der Waals surface area contributed by atoms with Gasteiger partial charge in [0.2, 0.25) is 0 Å². The van der Waals surface area contributed by atoms with Gasteiger partial charge in [-0.2, -0.15) is 0 Å². The molecule has 32 heavy (non-hydrogen) atoms. The van der Waals surface area contributed by atoms with E-state index in [0.717, 1.165) is 45.9 Å². The van der Waals surface area contributed by atoms with Crippen LogP contribution in [0, 0.1) is 14.4 Å². The highest BCUT2D eigenvalue weighted by Gasteiger charge is 2.49. The lowest BCUT2D eigenvalue weighted by molar-refractivity contribution is -0.119. The first-order valence-electron chi connectivity index (χ1n) is 11.2. The average Bonchev–Trinajstić information content (AvgIpc) is 3.20. The summed E-state index contributed by atoms with van der Waals surface area (Å²) in [7, 11) is 0. The number of hydrogen-bond acceptors (Lipinski definition) is 4. The van der Waals surface area contributed by atoms with Crippen LogP contribution in [0.2, 0.25) is 0 Å². The molecule has 1 aliphatic heterocycles. The van der Waals surface area contributed by atoms with E-state index in [-0.39, 0.29) is 28.3 Å². The van der Waals surface area contributed by atoms with Gasteiger partial charge in [-0.25, -0.2) is 0 Å². The number of Topliss-reactive ketones (excluding diaryl/α,β-unsaturated/α-hetero) is 2. The molecule has 2 heterocycles. The molecule has 3 nitrogen and oxygen atoms in total. The van der Waals surface area contributed by atoms with Crippen LogP contribution < -0.4 is 4.90 Å². The summed E-state index contributed by atoms with van der Waals surface area (Å²) >= 11 is 3.97. The summed E-state index contributed by atoms with van der Waals surface area (Å²) < 4.78 is 1.17. The Morgan fingerprint density at radius 2 is 1.38 bits per heavy atom. The lowest BCUT2D eigenvalue weighted by Gasteiger charge is -2.48. The zero-order chi connectivity index (χ0) is 22.8. The highest BCUT2D eigenvalue weighted by Crippen LogP contribution is 2.55. The Kier molecular flexibility index (Phi) is 5.28. The summed E-state index contributed by atoms with van der Waals surface area (Å²) in [6.07, 6.45) is 2.70. The van der Waals surface area contributed by atoms with E-state index in [1.165, 1.54) is 3.57 Å². The van der Waals surface area contributed by atoms with Gasteiger partial charge in [0, 0.05) is 49.5 Å². The number of halogens is 1. The summed E-state index contributed by atoms with van der Waals surface area (Å²) in [6.45, 7) is 8.73. The van der Waals surface area contributed by atoms with E-state index >= 15 is 0 Å². The van der Waals surface area contributed by atoms with E-state index in [4.69, 9.17) is 0 Å². The Balaban J connectivity index is 1.82. The molecule has 5 rings (SSSR count). The summed E-state index contributed by atoms with van der Waals surface area (Å²) in [5.41, 5.74) is 4.71. The molecule has 3 aliphatic rings. The standard InChI is InChI=1S/C27H28INO2S/c1-26(2)12-18-23(20(30)14-26)25(22-6-5-11-32-22)24-19(13-27(3,4)15-21(24)31)29(18)17-9-7-16(28)8-10-17/h5-11,25H,12-15H2,1-4H3. The van der Waals surface area contributed by atoms with Gasteiger partial charge in [0.1, 0.15) is 0 Å². The average molecular weight is 557 g/mol. The first-order chi connectivity index (χ1) is 15.1. The third kappa shape index (κ3) is 3.71. The van der Waals surface area contributed by atoms with E-state index in [1.54, 1.807) is 11.3 Å². The molecule has 0 spiro atoms. The van der Waals surface area contributed by atoms with Gasteiger partial charge < -0.3 is 4.90 Å². The van der Waals surface area contributed by atoms with Crippen LogP contribution in [0.15, 0.2) is 64.3 Å². The van der Waals surface area contributed by atoms with E-state index in [0.29, 0.717) is 12.8 Å². The number of thiophene rings is 1. The van der Waals surface area contributed by atoms with Gasteiger partial charge >= 0.3 is 0 Å². The van der Waals surface area contributed by atoms with Crippen molar-refractivity contribution in [2.24, 2.45) is 10.8 Å². The quantitative estimate of drug-likeness (QED) is 0.366. The molecule has 0 fully saturated rings. The van der Waals surface area contributed by atoms with Crippen molar-refractivity contribution < 1.29 is 9.59 Å². The zero-order valence-corrected chi connectivity index (χ0v) is 22.0. The second kappa shape index (κ2) is 7.66. The molecular weight excluding hydrogens is 529 g/mol. The number of anilines is 1. The van der Waals surface area contributed by atoms with Gasteiger partial charge in [-0.05, 0) is 82.0 Å². The molecule has 0 saturated heterocycles. The van der Waals surface area contributed by atoms with Crippen LogP contribution in [-0.2, 0) is 9.59 Å². The lowest BCUT2D eigenvalue weighted by atomic mass is 9.64. The number of carbonyl (C=O) groups excluding carboxylic acids is 2. The van der Waals surface area contributed by atoms with Crippen molar-refractivity contribution in [2.75, 3.05) is 4.90 Å². The monoisotopic (exact) mass is 557 g/mol. The maximum absolute atomic E-state index is 13.7. The first-order valence-corrected chi connectivity index (χ1v) is 13.1. The largest absolute Gasteiger partial charge is 0.317 e. The molecule has 0 saturated carbocycles. The molecule has 0 atom stereocenters. The highest BCUT2D eigenvalue weighted by molar-refractivity contribution is 14.1. The molecule has 0 N–H and O–H groups in total. The lowest BCUT2D eigenvalue weighted by Crippen LogP contribution is -2.44. The van der Waals surface area contributed by atoms with Gasteiger partial charge in [0.15, 0.2) is 11.6 Å². The Bertz CT molecular complexity index is 1110. The van der Waals surface area contributed by atoms with E-state index in [2.05, 4.69) is 90.9 Å². The molecule has 1 aromatic heterocycles. The normalized spacial score (nSPS) is 22.8. The minimum Gasteiger partial charge on any atom is -0.317 e. The highest BCUT2D eigenvalue weighted by atomic mass is 127. The molecule has 0 bridgehead atoms. The van der Waals surface area contributed by atoms with Crippen molar-refractivity contribution in [1.29, 1.82) is 0 Å². The van der Waals surface area contributed by atoms with Crippen LogP contribution >= 0.6 is 33.9 Å². The maximum atomic E-state index is 13.7. The number of allylic oxidation sites excluding steroid dienone is 4. The summed E-state index contributed by atoms with van der Waals surface area (Å²) in [4.78, 5) is 30.7. The van der Waals surface area contributed by atoms with Crippen molar-refractivity contribution in [2.45, 2.75) is 59.3 Å². The third-order valence-corrected chi connectivity index (χ3v) is 8.48. The summed E-state index contributed by atoms with van der Waals surface area (Å²) in [5, 5.41) is 2.05. The van der Waals surface area contributed by atoms with E-state index in [9.17, 15) is 9.59 Å². The first kappa shape index (κ1) is 22.1. The van der Waals surface area contributed by atoms with Crippen molar-refractivity contribution in [1.82, 2.24) is 0 Å². The molecule has 0 amide bonds. The zero-order valence-electron chi connectivity index (χ0n) is 19.0. The molecule has 2 aromatic rings. The topological polar surface area (TPSA) is 37.4 Å². The van der Waals surface area contributed by atoms with Gasteiger partial charge in [0.25, 0.3) is 0 Å². The minimum atomic E-state index is -0.229. The number of ketones is 2. The third-order valence-electron chi connectivity index (χ3n) is 6.82. The Hall–Kier alpha value is -1.73. The molecule has 1 aromatic carbocycles. The van der Waals surface area contributed by atoms with Crippen LogP contribution in [0.3, 0.4) is 0 Å². The van der Waals surface area contributed by atoms with Gasteiger partial charge in [-0.15, -0.1) is 11.3 Å². The molecule has 0 unspecified atom stereocenters. The van der Waals surface area contributed by atoms with Crippen molar-refractivity contribution >= 4 is 51.2 Å². The van der Waals surface area contributed by atoms with Crippen LogP contribution in [-0.4, -0.2) is 11.6 Å². The van der Waals surface area contributed by atoms with Crippen molar-refractivity contribution in [3.05, 3.63) is 72.8 Å². The predicted molar refractivity (Wildman–Crippen MR) is 139 cm³/mol. The number of benzene rings is 1. The van der Waals surface area contributed by atoms with E-state index in [1.807, 2.05) is 6.07 Å². The fraction of sp³-hybridized carbons (Fsp3) is 0.407. The van der Waals surface area contributed by atoms with Gasteiger partial charge in [0.05, 0.1) is 5.92 Å². The van der Waals surface area contributed by atoms with Crippen LogP contribution in [0.4, 0.5) is 5.69 Å².